The van der Waals surface area contributed by atoms with Gasteiger partial charge in [-0.05, 0) is 74.9 Å². The van der Waals surface area contributed by atoms with Gasteiger partial charge in [-0.3, -0.25) is 14.5 Å². The van der Waals surface area contributed by atoms with Crippen molar-refractivity contribution in [1.29, 1.82) is 0 Å². The second kappa shape index (κ2) is 11.0. The topological polar surface area (TPSA) is 85.3 Å². The standard InChI is InChI=1S/C29H28ClNO6/c1-5-36-24-16-18(9-14-23(24)35-4)26-25(27(32)19-7-6-8-22(15-19)37-17(2)3)28(33)29(34)31(26)21-12-10-20(30)11-13-21/h6-17,26,32H,5H2,1-4H3/b27-25-. The van der Waals surface area contributed by atoms with Crippen LogP contribution in [0, 0.1) is 0 Å². The lowest BCUT2D eigenvalue weighted by atomic mass is 9.94. The fraction of sp³-hybridized carbons (Fsp3) is 0.241. The zero-order chi connectivity index (χ0) is 26.7. The predicted octanol–water partition coefficient (Wildman–Crippen LogP) is 6.16. The zero-order valence-electron chi connectivity index (χ0n) is 21.0. The molecule has 0 saturated carbocycles. The maximum atomic E-state index is 13.4. The number of carbonyl (C=O) groups is 2. The minimum absolute atomic E-state index is 0.0470. The van der Waals surface area contributed by atoms with Gasteiger partial charge in [-0.25, -0.2) is 0 Å². The molecule has 3 aromatic carbocycles. The molecule has 37 heavy (non-hydrogen) atoms. The van der Waals surface area contributed by atoms with Gasteiger partial charge in [-0.2, -0.15) is 0 Å². The minimum Gasteiger partial charge on any atom is -0.507 e. The molecule has 0 aliphatic carbocycles. The number of aliphatic hydroxyl groups is 1. The first-order valence-electron chi connectivity index (χ1n) is 11.9. The van der Waals surface area contributed by atoms with E-state index in [2.05, 4.69) is 0 Å². The van der Waals surface area contributed by atoms with Crippen molar-refractivity contribution in [2.75, 3.05) is 18.6 Å². The molecule has 1 N–H and O–H groups in total. The molecule has 1 heterocycles. The number of carbonyl (C=O) groups excluding carboxylic acids is 2. The lowest BCUT2D eigenvalue weighted by molar-refractivity contribution is -0.132. The summed E-state index contributed by atoms with van der Waals surface area (Å²) in [6.07, 6.45) is -0.0795. The van der Waals surface area contributed by atoms with Gasteiger partial charge in [-0.15, -0.1) is 0 Å². The highest BCUT2D eigenvalue weighted by Crippen LogP contribution is 2.44. The Bertz CT molecular complexity index is 1350. The van der Waals surface area contributed by atoms with Crippen LogP contribution >= 0.6 is 11.6 Å². The van der Waals surface area contributed by atoms with E-state index in [1.807, 2.05) is 20.8 Å². The average molecular weight is 522 g/mol. The number of methoxy groups -OCH3 is 1. The molecular formula is C29H28ClNO6. The smallest absolute Gasteiger partial charge is 0.300 e. The Morgan fingerprint density at radius 1 is 1.03 bits per heavy atom. The summed E-state index contributed by atoms with van der Waals surface area (Å²) in [5.41, 5.74) is 1.33. The van der Waals surface area contributed by atoms with E-state index in [1.54, 1.807) is 66.7 Å². The van der Waals surface area contributed by atoms with Crippen LogP contribution in [-0.4, -0.2) is 36.6 Å². The number of ether oxygens (including phenoxy) is 3. The monoisotopic (exact) mass is 521 g/mol. The SMILES string of the molecule is CCOc1cc(C2/C(=C(/O)c3cccc(OC(C)C)c3)C(=O)C(=O)N2c2ccc(Cl)cc2)ccc1OC. The molecule has 0 bridgehead atoms. The van der Waals surface area contributed by atoms with Crippen LogP contribution in [0.4, 0.5) is 5.69 Å². The van der Waals surface area contributed by atoms with Gasteiger partial charge < -0.3 is 19.3 Å². The van der Waals surface area contributed by atoms with Gasteiger partial charge in [0.25, 0.3) is 11.7 Å². The number of hydrogen-bond donors (Lipinski definition) is 1. The number of aliphatic hydroxyl groups excluding tert-OH is 1. The number of amides is 1. The van der Waals surface area contributed by atoms with E-state index in [9.17, 15) is 14.7 Å². The molecule has 7 nitrogen and oxygen atoms in total. The summed E-state index contributed by atoms with van der Waals surface area (Å²) in [6, 6.07) is 17.6. The highest BCUT2D eigenvalue weighted by atomic mass is 35.5. The van der Waals surface area contributed by atoms with Crippen molar-refractivity contribution in [3.8, 4) is 17.2 Å². The first-order chi connectivity index (χ1) is 17.7. The van der Waals surface area contributed by atoms with E-state index in [0.29, 0.717) is 45.7 Å². The molecule has 1 saturated heterocycles. The molecule has 0 spiro atoms. The summed E-state index contributed by atoms with van der Waals surface area (Å²) in [4.78, 5) is 28.2. The molecule has 1 amide bonds. The van der Waals surface area contributed by atoms with Crippen molar-refractivity contribution in [1.82, 2.24) is 0 Å². The first-order valence-corrected chi connectivity index (χ1v) is 12.3. The quantitative estimate of drug-likeness (QED) is 0.217. The molecule has 1 fully saturated rings. The molecule has 0 aromatic heterocycles. The van der Waals surface area contributed by atoms with Crippen molar-refractivity contribution in [2.24, 2.45) is 0 Å². The van der Waals surface area contributed by atoms with E-state index < -0.39 is 17.7 Å². The number of hydrogen-bond acceptors (Lipinski definition) is 6. The van der Waals surface area contributed by atoms with Gasteiger partial charge >= 0.3 is 0 Å². The normalized spacial score (nSPS) is 16.8. The second-order valence-electron chi connectivity index (χ2n) is 8.68. The van der Waals surface area contributed by atoms with Crippen molar-refractivity contribution in [3.63, 3.8) is 0 Å². The summed E-state index contributed by atoms with van der Waals surface area (Å²) >= 11 is 6.07. The van der Waals surface area contributed by atoms with Crippen molar-refractivity contribution in [2.45, 2.75) is 32.9 Å². The summed E-state index contributed by atoms with van der Waals surface area (Å²) in [5, 5.41) is 11.9. The Morgan fingerprint density at radius 3 is 2.41 bits per heavy atom. The third-order valence-corrected chi connectivity index (χ3v) is 6.08. The Balaban J connectivity index is 1.93. The number of anilines is 1. The number of nitrogens with zero attached hydrogens (tertiary/aromatic N) is 1. The fourth-order valence-corrected chi connectivity index (χ4v) is 4.42. The number of ketones is 1. The highest BCUT2D eigenvalue weighted by molar-refractivity contribution is 6.51. The Kier molecular flexibility index (Phi) is 7.74. The summed E-state index contributed by atoms with van der Waals surface area (Å²) < 4.78 is 16.9. The van der Waals surface area contributed by atoms with Crippen LogP contribution < -0.4 is 19.1 Å². The number of Topliss-reactive ketones (excluding diaryl/α,β-unsaturated/α-hetero) is 1. The van der Waals surface area contributed by atoms with E-state index in [4.69, 9.17) is 25.8 Å². The molecule has 3 aromatic rings. The largest absolute Gasteiger partial charge is 0.507 e. The number of rotatable bonds is 8. The average Bonchev–Trinajstić information content (AvgIpc) is 3.14. The van der Waals surface area contributed by atoms with Gasteiger partial charge in [0.05, 0.1) is 31.4 Å². The molecule has 1 aliphatic heterocycles. The fourth-order valence-electron chi connectivity index (χ4n) is 4.29. The van der Waals surface area contributed by atoms with Crippen LogP contribution in [0.5, 0.6) is 17.2 Å². The van der Waals surface area contributed by atoms with Crippen LogP contribution in [0.1, 0.15) is 37.9 Å². The molecule has 1 unspecified atom stereocenters. The molecule has 4 rings (SSSR count). The van der Waals surface area contributed by atoms with Gasteiger partial charge in [0.15, 0.2) is 11.5 Å². The van der Waals surface area contributed by atoms with Gasteiger partial charge in [0, 0.05) is 16.3 Å². The summed E-state index contributed by atoms with van der Waals surface area (Å²) in [6.45, 7) is 6.02. The minimum atomic E-state index is -0.930. The lowest BCUT2D eigenvalue weighted by Gasteiger charge is -2.26. The Labute approximate surface area is 220 Å². The van der Waals surface area contributed by atoms with E-state index in [-0.39, 0.29) is 17.4 Å². The molecular weight excluding hydrogens is 494 g/mol. The van der Waals surface area contributed by atoms with Gasteiger partial charge in [0.2, 0.25) is 0 Å². The van der Waals surface area contributed by atoms with Crippen LogP contribution in [0.15, 0.2) is 72.3 Å². The van der Waals surface area contributed by atoms with Crippen molar-refractivity contribution < 1.29 is 28.9 Å². The second-order valence-corrected chi connectivity index (χ2v) is 9.12. The van der Waals surface area contributed by atoms with E-state index in [1.165, 1.54) is 12.0 Å². The first kappa shape index (κ1) is 26.1. The summed E-state index contributed by atoms with van der Waals surface area (Å²) in [7, 11) is 1.53. The molecule has 1 atom stereocenters. The maximum absolute atomic E-state index is 13.4. The van der Waals surface area contributed by atoms with Crippen LogP contribution in [0.2, 0.25) is 5.02 Å². The van der Waals surface area contributed by atoms with E-state index >= 15 is 0 Å². The van der Waals surface area contributed by atoms with Crippen LogP contribution in [0.3, 0.4) is 0 Å². The Hall–Kier alpha value is -3.97. The highest BCUT2D eigenvalue weighted by Gasteiger charge is 2.47. The number of benzene rings is 3. The van der Waals surface area contributed by atoms with Crippen molar-refractivity contribution in [3.05, 3.63) is 88.5 Å². The molecule has 1 aliphatic rings. The van der Waals surface area contributed by atoms with Crippen LogP contribution in [-0.2, 0) is 9.59 Å². The van der Waals surface area contributed by atoms with Crippen LogP contribution in [0.25, 0.3) is 5.76 Å². The molecule has 8 heteroatoms. The summed E-state index contributed by atoms with van der Waals surface area (Å²) in [5.74, 6) is -0.379. The lowest BCUT2D eigenvalue weighted by Crippen LogP contribution is -2.29. The molecule has 192 valence electrons. The number of halogens is 1. The van der Waals surface area contributed by atoms with Gasteiger partial charge in [0.1, 0.15) is 11.5 Å². The third-order valence-electron chi connectivity index (χ3n) is 5.83. The maximum Gasteiger partial charge on any atom is 0.300 e. The molecule has 0 radical (unpaired) electrons. The third kappa shape index (κ3) is 5.27. The predicted molar refractivity (Wildman–Crippen MR) is 143 cm³/mol. The Morgan fingerprint density at radius 2 is 1.76 bits per heavy atom. The van der Waals surface area contributed by atoms with E-state index in [0.717, 1.165) is 0 Å². The zero-order valence-corrected chi connectivity index (χ0v) is 21.8. The van der Waals surface area contributed by atoms with Gasteiger partial charge in [-0.1, -0.05) is 29.8 Å². The van der Waals surface area contributed by atoms with Crippen molar-refractivity contribution >= 4 is 34.7 Å².